The van der Waals surface area contributed by atoms with Gasteiger partial charge in [0.25, 0.3) is 0 Å². The minimum absolute atomic E-state index is 0.205. The molecule has 0 N–H and O–H groups in total. The van der Waals surface area contributed by atoms with Crippen LogP contribution in [0.15, 0.2) is 18.2 Å². The molecule has 0 aliphatic heterocycles. The summed E-state index contributed by atoms with van der Waals surface area (Å²) < 4.78 is 13.3. The highest BCUT2D eigenvalue weighted by Crippen LogP contribution is 2.38. The maximum Gasteiger partial charge on any atom is 0.124 e. The summed E-state index contributed by atoms with van der Waals surface area (Å²) in [6.45, 7) is 2.25. The summed E-state index contributed by atoms with van der Waals surface area (Å²) in [7, 11) is 0. The highest BCUT2D eigenvalue weighted by Gasteiger charge is 2.22. The fourth-order valence-corrected chi connectivity index (χ4v) is 3.23. The number of hydrogen-bond acceptors (Lipinski definition) is 0. The van der Waals surface area contributed by atoms with Crippen LogP contribution in [0.4, 0.5) is 4.39 Å². The molecule has 1 aliphatic carbocycles. The zero-order valence-electron chi connectivity index (χ0n) is 10.4. The fourth-order valence-electron chi connectivity index (χ4n) is 3.00. The SMILES string of the molecule is CCCC1CCC(c2cc(F)cc(Cl)c2)CC1. The molecular formula is C15H20ClF. The molecule has 1 saturated carbocycles. The lowest BCUT2D eigenvalue weighted by molar-refractivity contribution is 0.308. The van der Waals surface area contributed by atoms with E-state index in [1.54, 1.807) is 6.07 Å². The molecule has 17 heavy (non-hydrogen) atoms. The summed E-state index contributed by atoms with van der Waals surface area (Å²) in [5.74, 6) is 1.19. The van der Waals surface area contributed by atoms with E-state index in [0.29, 0.717) is 10.9 Å². The minimum Gasteiger partial charge on any atom is -0.207 e. The van der Waals surface area contributed by atoms with Crippen molar-refractivity contribution < 1.29 is 4.39 Å². The average molecular weight is 255 g/mol. The van der Waals surface area contributed by atoms with Crippen LogP contribution in [0, 0.1) is 11.7 Å². The predicted octanol–water partition coefficient (Wildman–Crippen LogP) is 5.55. The van der Waals surface area contributed by atoms with Crippen molar-refractivity contribution in [2.24, 2.45) is 5.92 Å². The lowest BCUT2D eigenvalue weighted by Crippen LogP contribution is -2.13. The summed E-state index contributed by atoms with van der Waals surface area (Å²) >= 11 is 5.91. The first-order chi connectivity index (χ1) is 8.19. The van der Waals surface area contributed by atoms with Crippen LogP contribution in [0.25, 0.3) is 0 Å². The molecule has 0 saturated heterocycles. The lowest BCUT2D eigenvalue weighted by Gasteiger charge is -2.28. The topological polar surface area (TPSA) is 0 Å². The van der Waals surface area contributed by atoms with Crippen molar-refractivity contribution in [2.45, 2.75) is 51.4 Å². The second-order valence-electron chi connectivity index (χ2n) is 5.21. The summed E-state index contributed by atoms with van der Waals surface area (Å²) in [6, 6.07) is 4.96. The monoisotopic (exact) mass is 254 g/mol. The van der Waals surface area contributed by atoms with E-state index in [4.69, 9.17) is 11.6 Å². The lowest BCUT2D eigenvalue weighted by atomic mass is 9.77. The molecule has 0 spiro atoms. The molecule has 0 aromatic heterocycles. The molecule has 1 aromatic rings. The Kier molecular flexibility index (Phi) is 4.44. The Balaban J connectivity index is 2.00. The summed E-state index contributed by atoms with van der Waals surface area (Å²) in [6.07, 6.45) is 7.56. The van der Waals surface area contributed by atoms with E-state index >= 15 is 0 Å². The second kappa shape index (κ2) is 5.86. The van der Waals surface area contributed by atoms with E-state index in [1.165, 1.54) is 44.6 Å². The molecule has 94 valence electrons. The van der Waals surface area contributed by atoms with E-state index in [-0.39, 0.29) is 5.82 Å². The van der Waals surface area contributed by atoms with Crippen LogP contribution in [-0.2, 0) is 0 Å². The third-order valence-corrected chi connectivity index (χ3v) is 4.12. The highest BCUT2D eigenvalue weighted by atomic mass is 35.5. The fraction of sp³-hybridized carbons (Fsp3) is 0.600. The molecule has 0 radical (unpaired) electrons. The van der Waals surface area contributed by atoms with Crippen LogP contribution in [0.5, 0.6) is 0 Å². The summed E-state index contributed by atoms with van der Waals surface area (Å²) in [4.78, 5) is 0. The maximum absolute atomic E-state index is 13.3. The molecule has 0 atom stereocenters. The number of halogens is 2. The van der Waals surface area contributed by atoms with Gasteiger partial charge in [-0.3, -0.25) is 0 Å². The van der Waals surface area contributed by atoms with Crippen molar-refractivity contribution in [2.75, 3.05) is 0 Å². The van der Waals surface area contributed by atoms with Gasteiger partial charge < -0.3 is 0 Å². The van der Waals surface area contributed by atoms with Crippen LogP contribution in [0.1, 0.15) is 56.9 Å². The van der Waals surface area contributed by atoms with Crippen LogP contribution in [0.2, 0.25) is 5.02 Å². The first-order valence-corrected chi connectivity index (χ1v) is 7.03. The van der Waals surface area contributed by atoms with Crippen molar-refractivity contribution in [1.29, 1.82) is 0 Å². The average Bonchev–Trinajstić information content (AvgIpc) is 2.29. The molecule has 2 rings (SSSR count). The van der Waals surface area contributed by atoms with Gasteiger partial charge in [0.05, 0.1) is 0 Å². The van der Waals surface area contributed by atoms with Gasteiger partial charge in [0, 0.05) is 5.02 Å². The Morgan fingerprint density at radius 2 is 1.88 bits per heavy atom. The van der Waals surface area contributed by atoms with E-state index in [1.807, 2.05) is 6.07 Å². The Bertz CT molecular complexity index is 347. The molecule has 0 heterocycles. The van der Waals surface area contributed by atoms with Crippen molar-refractivity contribution in [3.8, 4) is 0 Å². The quantitative estimate of drug-likeness (QED) is 0.663. The molecule has 1 aromatic carbocycles. The van der Waals surface area contributed by atoms with Crippen LogP contribution < -0.4 is 0 Å². The van der Waals surface area contributed by atoms with Gasteiger partial charge in [-0.2, -0.15) is 0 Å². The minimum atomic E-state index is -0.205. The number of hydrogen-bond donors (Lipinski definition) is 0. The molecule has 0 amide bonds. The molecule has 0 bridgehead atoms. The number of rotatable bonds is 3. The van der Waals surface area contributed by atoms with E-state index in [9.17, 15) is 4.39 Å². The normalized spacial score (nSPS) is 24.9. The number of benzene rings is 1. The molecular weight excluding hydrogens is 235 g/mol. The van der Waals surface area contributed by atoms with Gasteiger partial charge in [-0.1, -0.05) is 31.4 Å². The van der Waals surface area contributed by atoms with E-state index in [2.05, 4.69) is 6.92 Å². The van der Waals surface area contributed by atoms with Gasteiger partial charge in [-0.25, -0.2) is 4.39 Å². The van der Waals surface area contributed by atoms with Gasteiger partial charge in [0.15, 0.2) is 0 Å². The van der Waals surface area contributed by atoms with E-state index in [0.717, 1.165) is 11.5 Å². The Hall–Kier alpha value is -0.560. The Morgan fingerprint density at radius 1 is 1.18 bits per heavy atom. The Labute approximate surface area is 108 Å². The molecule has 0 nitrogen and oxygen atoms in total. The maximum atomic E-state index is 13.3. The third-order valence-electron chi connectivity index (χ3n) is 3.90. The highest BCUT2D eigenvalue weighted by molar-refractivity contribution is 6.30. The summed E-state index contributed by atoms with van der Waals surface area (Å²) in [5, 5.41) is 0.524. The summed E-state index contributed by atoms with van der Waals surface area (Å²) in [5.41, 5.74) is 1.09. The van der Waals surface area contributed by atoms with Crippen molar-refractivity contribution >= 4 is 11.6 Å². The zero-order chi connectivity index (χ0) is 12.3. The van der Waals surface area contributed by atoms with Crippen LogP contribution >= 0.6 is 11.6 Å². The van der Waals surface area contributed by atoms with E-state index < -0.39 is 0 Å². The van der Waals surface area contributed by atoms with Crippen LogP contribution in [0.3, 0.4) is 0 Å². The van der Waals surface area contributed by atoms with Crippen LogP contribution in [-0.4, -0.2) is 0 Å². The molecule has 1 fully saturated rings. The van der Waals surface area contributed by atoms with Gasteiger partial charge in [0.2, 0.25) is 0 Å². The molecule has 1 aliphatic rings. The van der Waals surface area contributed by atoms with Gasteiger partial charge in [0.1, 0.15) is 5.82 Å². The first-order valence-electron chi connectivity index (χ1n) is 6.65. The Morgan fingerprint density at radius 3 is 2.47 bits per heavy atom. The van der Waals surface area contributed by atoms with Gasteiger partial charge in [-0.15, -0.1) is 0 Å². The van der Waals surface area contributed by atoms with Gasteiger partial charge in [-0.05, 0) is 61.3 Å². The van der Waals surface area contributed by atoms with Crippen molar-refractivity contribution in [1.82, 2.24) is 0 Å². The smallest absolute Gasteiger partial charge is 0.124 e. The first kappa shape index (κ1) is 12.9. The van der Waals surface area contributed by atoms with Crippen molar-refractivity contribution in [3.63, 3.8) is 0 Å². The third kappa shape index (κ3) is 3.45. The molecule has 0 unspecified atom stereocenters. The molecule has 2 heteroatoms. The van der Waals surface area contributed by atoms with Gasteiger partial charge >= 0.3 is 0 Å². The van der Waals surface area contributed by atoms with Crippen molar-refractivity contribution in [3.05, 3.63) is 34.6 Å². The second-order valence-corrected chi connectivity index (χ2v) is 5.65. The predicted molar refractivity (Wildman–Crippen MR) is 71.0 cm³/mol. The zero-order valence-corrected chi connectivity index (χ0v) is 11.1. The standard InChI is InChI=1S/C15H20ClF/c1-2-3-11-4-6-12(7-5-11)13-8-14(16)10-15(17)9-13/h8-12H,2-7H2,1H3. The largest absolute Gasteiger partial charge is 0.207 e.